The highest BCUT2D eigenvalue weighted by atomic mass is 16.6. The molecule has 4 heteroatoms. The largest absolute Gasteiger partial charge is 0.494 e. The number of methoxy groups -OCH3 is 1. The molecule has 4 nitrogen and oxygen atoms in total. The number of rotatable bonds is 4. The van der Waals surface area contributed by atoms with Gasteiger partial charge in [0, 0.05) is 6.92 Å². The van der Waals surface area contributed by atoms with E-state index in [1.807, 2.05) is 25.1 Å². The third-order valence-electron chi connectivity index (χ3n) is 2.12. The molecule has 0 bridgehead atoms. The first-order chi connectivity index (χ1) is 7.54. The summed E-state index contributed by atoms with van der Waals surface area (Å²) in [6.07, 6.45) is -0.381. The van der Waals surface area contributed by atoms with Gasteiger partial charge in [0.15, 0.2) is 6.23 Å². The van der Waals surface area contributed by atoms with Crippen LogP contribution >= 0.6 is 0 Å². The van der Waals surface area contributed by atoms with Gasteiger partial charge < -0.3 is 14.8 Å². The summed E-state index contributed by atoms with van der Waals surface area (Å²) < 4.78 is 10.3. The van der Waals surface area contributed by atoms with Crippen molar-refractivity contribution in [3.63, 3.8) is 0 Å². The summed E-state index contributed by atoms with van der Waals surface area (Å²) in [5.41, 5.74) is 1.85. The van der Waals surface area contributed by atoms with Crippen molar-refractivity contribution in [2.75, 3.05) is 12.4 Å². The van der Waals surface area contributed by atoms with Crippen molar-refractivity contribution >= 4 is 11.7 Å². The van der Waals surface area contributed by atoms with E-state index in [1.54, 1.807) is 14.0 Å². The number of ether oxygens (including phenoxy) is 2. The smallest absolute Gasteiger partial charge is 0.304 e. The van der Waals surface area contributed by atoms with E-state index in [9.17, 15) is 4.79 Å². The van der Waals surface area contributed by atoms with Crippen molar-refractivity contribution in [1.82, 2.24) is 0 Å². The zero-order valence-corrected chi connectivity index (χ0v) is 10.0. The minimum atomic E-state index is -0.381. The molecule has 1 atom stereocenters. The average molecular weight is 223 g/mol. The van der Waals surface area contributed by atoms with Crippen LogP contribution in [0.2, 0.25) is 0 Å². The van der Waals surface area contributed by atoms with Crippen molar-refractivity contribution in [2.24, 2.45) is 0 Å². The van der Waals surface area contributed by atoms with E-state index in [-0.39, 0.29) is 12.2 Å². The van der Waals surface area contributed by atoms with E-state index in [0.29, 0.717) is 0 Å². The Bertz CT molecular complexity index is 377. The van der Waals surface area contributed by atoms with Gasteiger partial charge in [-0.2, -0.15) is 0 Å². The second-order valence-corrected chi connectivity index (χ2v) is 3.55. The van der Waals surface area contributed by atoms with Crippen molar-refractivity contribution in [3.8, 4) is 5.75 Å². The summed E-state index contributed by atoms with van der Waals surface area (Å²) >= 11 is 0. The van der Waals surface area contributed by atoms with E-state index in [2.05, 4.69) is 5.32 Å². The summed E-state index contributed by atoms with van der Waals surface area (Å²) in [4.78, 5) is 10.8. The number of carbonyl (C=O) groups excluding carboxylic acids is 1. The van der Waals surface area contributed by atoms with Gasteiger partial charge in [-0.05, 0) is 25.5 Å². The van der Waals surface area contributed by atoms with Gasteiger partial charge in [0.2, 0.25) is 0 Å². The van der Waals surface area contributed by atoms with Crippen LogP contribution in [0.3, 0.4) is 0 Å². The number of esters is 1. The normalized spacial score (nSPS) is 11.8. The number of anilines is 1. The molecule has 0 spiro atoms. The highest BCUT2D eigenvalue weighted by molar-refractivity contribution is 5.67. The Kier molecular flexibility index (Phi) is 4.17. The molecule has 0 radical (unpaired) electrons. The number of nitrogens with one attached hydrogen (secondary N) is 1. The van der Waals surface area contributed by atoms with E-state index >= 15 is 0 Å². The predicted molar refractivity (Wildman–Crippen MR) is 62.6 cm³/mol. The van der Waals surface area contributed by atoms with Gasteiger partial charge in [0.1, 0.15) is 5.75 Å². The Hall–Kier alpha value is -1.71. The predicted octanol–water partition coefficient (Wildman–Crippen LogP) is 2.32. The molecule has 0 aromatic heterocycles. The monoisotopic (exact) mass is 223 g/mol. The highest BCUT2D eigenvalue weighted by Crippen LogP contribution is 2.28. The summed E-state index contributed by atoms with van der Waals surface area (Å²) in [6.45, 7) is 5.11. The van der Waals surface area contributed by atoms with E-state index in [4.69, 9.17) is 9.47 Å². The average Bonchev–Trinajstić information content (AvgIpc) is 2.16. The van der Waals surface area contributed by atoms with Crippen LogP contribution < -0.4 is 10.1 Å². The van der Waals surface area contributed by atoms with Crippen molar-refractivity contribution in [3.05, 3.63) is 23.8 Å². The minimum absolute atomic E-state index is 0.313. The molecular weight excluding hydrogens is 206 g/mol. The molecular formula is C12H17NO3. The van der Waals surface area contributed by atoms with Crippen molar-refractivity contribution in [1.29, 1.82) is 0 Å². The van der Waals surface area contributed by atoms with Crippen LogP contribution in [-0.2, 0) is 9.53 Å². The van der Waals surface area contributed by atoms with E-state index < -0.39 is 0 Å². The third-order valence-corrected chi connectivity index (χ3v) is 2.12. The third kappa shape index (κ3) is 3.15. The molecule has 1 N–H and O–H groups in total. The fourth-order valence-electron chi connectivity index (χ4n) is 1.53. The quantitative estimate of drug-likeness (QED) is 0.628. The Morgan fingerprint density at radius 3 is 2.69 bits per heavy atom. The van der Waals surface area contributed by atoms with Gasteiger partial charge in [-0.25, -0.2) is 0 Å². The zero-order valence-electron chi connectivity index (χ0n) is 10.0. The highest BCUT2D eigenvalue weighted by Gasteiger charge is 2.10. The standard InChI is InChI=1S/C12H17NO3/c1-8-6-5-7-11(12(8)15-4)13-9(2)16-10(3)14/h5-7,9,13H,1-4H3. The lowest BCUT2D eigenvalue weighted by molar-refractivity contribution is -0.144. The van der Waals surface area contributed by atoms with Gasteiger partial charge >= 0.3 is 5.97 Å². The van der Waals surface area contributed by atoms with Gasteiger partial charge in [-0.15, -0.1) is 0 Å². The maximum absolute atomic E-state index is 10.8. The fourth-order valence-corrected chi connectivity index (χ4v) is 1.53. The summed E-state index contributed by atoms with van der Waals surface area (Å²) in [7, 11) is 1.62. The number of hydrogen-bond donors (Lipinski definition) is 1. The minimum Gasteiger partial charge on any atom is -0.494 e. The molecule has 0 amide bonds. The summed E-state index contributed by atoms with van der Waals surface area (Å²) in [6, 6.07) is 5.76. The maximum atomic E-state index is 10.8. The number of carbonyl (C=O) groups is 1. The topological polar surface area (TPSA) is 47.6 Å². The van der Waals surface area contributed by atoms with Gasteiger partial charge in [-0.3, -0.25) is 4.79 Å². The Balaban J connectivity index is 2.80. The summed E-state index contributed by atoms with van der Waals surface area (Å²) in [5, 5.41) is 3.07. The molecule has 0 saturated carbocycles. The van der Waals surface area contributed by atoms with Crippen LogP contribution in [0.25, 0.3) is 0 Å². The lowest BCUT2D eigenvalue weighted by Gasteiger charge is -2.18. The molecule has 88 valence electrons. The van der Waals surface area contributed by atoms with Crippen LogP contribution in [0.4, 0.5) is 5.69 Å². The molecule has 0 saturated heterocycles. The molecule has 0 aliphatic carbocycles. The van der Waals surface area contributed by atoms with Crippen molar-refractivity contribution < 1.29 is 14.3 Å². The van der Waals surface area contributed by atoms with Gasteiger partial charge in [0.25, 0.3) is 0 Å². The van der Waals surface area contributed by atoms with Crippen LogP contribution in [-0.4, -0.2) is 19.3 Å². The van der Waals surface area contributed by atoms with Crippen LogP contribution in [0, 0.1) is 6.92 Å². The number of benzene rings is 1. The molecule has 16 heavy (non-hydrogen) atoms. The molecule has 1 unspecified atom stereocenters. The van der Waals surface area contributed by atoms with Crippen molar-refractivity contribution in [2.45, 2.75) is 27.0 Å². The fraction of sp³-hybridized carbons (Fsp3) is 0.417. The van der Waals surface area contributed by atoms with Crippen LogP contribution in [0.5, 0.6) is 5.75 Å². The van der Waals surface area contributed by atoms with Gasteiger partial charge in [-0.1, -0.05) is 12.1 Å². The summed E-state index contributed by atoms with van der Waals surface area (Å²) in [5.74, 6) is 0.452. The molecule has 0 aliphatic heterocycles. The Morgan fingerprint density at radius 1 is 1.44 bits per heavy atom. The lowest BCUT2D eigenvalue weighted by Crippen LogP contribution is -2.21. The second-order valence-electron chi connectivity index (χ2n) is 3.55. The SMILES string of the molecule is COc1c(C)cccc1NC(C)OC(C)=O. The van der Waals surface area contributed by atoms with Gasteiger partial charge in [0.05, 0.1) is 12.8 Å². The first-order valence-corrected chi connectivity index (χ1v) is 5.12. The second kappa shape index (κ2) is 5.39. The molecule has 1 aromatic carbocycles. The Labute approximate surface area is 95.6 Å². The van der Waals surface area contributed by atoms with E-state index in [0.717, 1.165) is 17.0 Å². The lowest BCUT2D eigenvalue weighted by atomic mass is 10.2. The first-order valence-electron chi connectivity index (χ1n) is 5.12. The zero-order chi connectivity index (χ0) is 12.1. The van der Waals surface area contributed by atoms with E-state index in [1.165, 1.54) is 6.92 Å². The number of para-hydroxylation sites is 1. The molecule has 1 aromatic rings. The number of hydrogen-bond acceptors (Lipinski definition) is 4. The number of aryl methyl sites for hydroxylation is 1. The molecule has 0 heterocycles. The molecule has 1 rings (SSSR count). The maximum Gasteiger partial charge on any atom is 0.304 e. The van der Waals surface area contributed by atoms with Crippen LogP contribution in [0.15, 0.2) is 18.2 Å². The molecule has 0 aliphatic rings. The molecule has 0 fully saturated rings. The van der Waals surface area contributed by atoms with Crippen LogP contribution in [0.1, 0.15) is 19.4 Å². The Morgan fingerprint density at radius 2 is 2.12 bits per heavy atom. The first kappa shape index (κ1) is 12.4.